The van der Waals surface area contributed by atoms with Crippen LogP contribution in [0.25, 0.3) is 20.4 Å². The molecule has 0 aliphatic rings. The molecule has 3 aromatic heterocycles. The second kappa shape index (κ2) is 7.85. The largest absolute Gasteiger partial charge is 0.497 e. The van der Waals surface area contributed by atoms with Crippen molar-refractivity contribution < 1.29 is 9.53 Å². The van der Waals surface area contributed by atoms with Gasteiger partial charge in [-0.05, 0) is 42.5 Å². The topological polar surface area (TPSA) is 73.1 Å². The summed E-state index contributed by atoms with van der Waals surface area (Å²) in [6, 6.07) is 13.2. The number of anilines is 1. The highest BCUT2D eigenvalue weighted by Gasteiger charge is 2.22. The summed E-state index contributed by atoms with van der Waals surface area (Å²) in [5.41, 5.74) is 4.14. The van der Waals surface area contributed by atoms with Crippen molar-refractivity contribution in [2.75, 3.05) is 18.6 Å². The zero-order valence-corrected chi connectivity index (χ0v) is 17.7. The Bertz CT molecular complexity index is 1330. The second-order valence-corrected chi connectivity index (χ2v) is 8.49. The van der Waals surface area contributed by atoms with Gasteiger partial charge in [0.05, 0.1) is 39.6 Å². The van der Waals surface area contributed by atoms with Crippen LogP contribution in [0.15, 0.2) is 60.4 Å². The molecular weight excluding hydrogens is 418 g/mol. The van der Waals surface area contributed by atoms with Gasteiger partial charge in [0.1, 0.15) is 5.75 Å². The molecule has 0 saturated carbocycles. The van der Waals surface area contributed by atoms with E-state index in [2.05, 4.69) is 10.1 Å². The Morgan fingerprint density at radius 2 is 2.07 bits per heavy atom. The van der Waals surface area contributed by atoms with Crippen molar-refractivity contribution in [2.45, 2.75) is 6.54 Å². The Morgan fingerprint density at radius 3 is 2.90 bits per heavy atom. The van der Waals surface area contributed by atoms with Gasteiger partial charge in [0.2, 0.25) is 0 Å². The van der Waals surface area contributed by atoms with Crippen LogP contribution in [0, 0.1) is 0 Å². The highest BCUT2D eigenvalue weighted by Crippen LogP contribution is 2.32. The maximum atomic E-state index is 13.5. The maximum absolute atomic E-state index is 13.5. The van der Waals surface area contributed by atoms with Gasteiger partial charge in [-0.25, -0.2) is 9.97 Å². The van der Waals surface area contributed by atoms with E-state index in [1.165, 1.54) is 22.7 Å². The molecule has 5 aromatic rings. The molecule has 0 fully saturated rings. The predicted octanol–water partition coefficient (Wildman–Crippen LogP) is 4.46. The minimum Gasteiger partial charge on any atom is -0.497 e. The third-order valence-electron chi connectivity index (χ3n) is 4.75. The van der Waals surface area contributed by atoms with Crippen LogP contribution in [0.1, 0.15) is 10.4 Å². The van der Waals surface area contributed by atoms with Crippen LogP contribution in [0.2, 0.25) is 0 Å². The molecule has 0 saturated heterocycles. The highest BCUT2D eigenvalue weighted by atomic mass is 32.1. The van der Waals surface area contributed by atoms with Crippen LogP contribution in [0.4, 0.5) is 5.13 Å². The Kier molecular flexibility index (Phi) is 4.89. The molecule has 0 N–H and O–H groups in total. The van der Waals surface area contributed by atoms with Crippen LogP contribution >= 0.6 is 22.7 Å². The lowest BCUT2D eigenvalue weighted by Crippen LogP contribution is -2.34. The zero-order chi connectivity index (χ0) is 20.5. The number of thiazole rings is 2. The number of methoxy groups -OCH3 is 1. The Balaban J connectivity index is 1.52. The number of rotatable bonds is 6. The lowest BCUT2D eigenvalue weighted by Gasteiger charge is -2.20. The van der Waals surface area contributed by atoms with Crippen molar-refractivity contribution in [3.8, 4) is 5.75 Å². The number of nitrogens with zero attached hydrogens (tertiary/aromatic N) is 5. The van der Waals surface area contributed by atoms with E-state index in [1.54, 1.807) is 23.7 Å². The van der Waals surface area contributed by atoms with E-state index in [1.807, 2.05) is 53.3 Å². The van der Waals surface area contributed by atoms with Crippen molar-refractivity contribution in [1.82, 2.24) is 19.7 Å². The van der Waals surface area contributed by atoms with Crippen molar-refractivity contribution in [1.29, 1.82) is 0 Å². The molecule has 0 radical (unpaired) electrons. The average molecular weight is 436 g/mol. The van der Waals surface area contributed by atoms with Gasteiger partial charge < -0.3 is 4.74 Å². The minimum absolute atomic E-state index is 0.0940. The standard InChI is InChI=1S/C21H17N5O2S2/c1-28-15-4-6-17-19(12-15)30-21(24-17)26(10-9-25-8-2-7-23-25)20(27)14-3-5-16-18(11-14)29-13-22-16/h2-8,11-13H,9-10H2,1H3. The number of fused-ring (bicyclic) bond motifs is 2. The van der Waals surface area contributed by atoms with Crippen LogP contribution in [-0.2, 0) is 6.54 Å². The molecule has 5 rings (SSSR count). The third kappa shape index (κ3) is 3.53. The van der Waals surface area contributed by atoms with Gasteiger partial charge in [-0.15, -0.1) is 11.3 Å². The van der Waals surface area contributed by atoms with E-state index in [-0.39, 0.29) is 5.91 Å². The second-order valence-electron chi connectivity index (χ2n) is 6.59. The number of hydrogen-bond donors (Lipinski definition) is 0. The number of ether oxygens (including phenoxy) is 1. The van der Waals surface area contributed by atoms with E-state index in [9.17, 15) is 4.79 Å². The smallest absolute Gasteiger partial charge is 0.260 e. The van der Waals surface area contributed by atoms with Gasteiger partial charge in [0.25, 0.3) is 5.91 Å². The van der Waals surface area contributed by atoms with Crippen LogP contribution in [0.5, 0.6) is 5.75 Å². The first kappa shape index (κ1) is 18.7. The molecule has 0 unspecified atom stereocenters. The fraction of sp³-hybridized carbons (Fsp3) is 0.143. The molecule has 0 aliphatic heterocycles. The molecule has 150 valence electrons. The molecule has 30 heavy (non-hydrogen) atoms. The SMILES string of the molecule is COc1ccc2nc(N(CCn3cccn3)C(=O)c3ccc4ncsc4c3)sc2c1. The lowest BCUT2D eigenvalue weighted by molar-refractivity contribution is 0.0986. The maximum Gasteiger partial charge on any atom is 0.260 e. The number of benzene rings is 2. The summed E-state index contributed by atoms with van der Waals surface area (Å²) in [6.07, 6.45) is 3.61. The van der Waals surface area contributed by atoms with E-state index in [0.29, 0.717) is 23.8 Å². The minimum atomic E-state index is -0.0940. The monoisotopic (exact) mass is 435 g/mol. The average Bonchev–Trinajstić information content (AvgIpc) is 3.52. The summed E-state index contributed by atoms with van der Waals surface area (Å²) < 4.78 is 9.09. The van der Waals surface area contributed by atoms with Gasteiger partial charge in [-0.3, -0.25) is 14.4 Å². The number of aromatic nitrogens is 4. The van der Waals surface area contributed by atoms with E-state index in [0.717, 1.165) is 26.2 Å². The van der Waals surface area contributed by atoms with Crippen molar-refractivity contribution in [3.63, 3.8) is 0 Å². The van der Waals surface area contributed by atoms with Crippen molar-refractivity contribution in [3.05, 3.63) is 65.9 Å². The Hall–Kier alpha value is -3.30. The van der Waals surface area contributed by atoms with E-state index in [4.69, 9.17) is 9.72 Å². The van der Waals surface area contributed by atoms with Crippen LogP contribution in [0.3, 0.4) is 0 Å². The van der Waals surface area contributed by atoms with Crippen LogP contribution in [-0.4, -0.2) is 39.3 Å². The van der Waals surface area contributed by atoms with Crippen LogP contribution < -0.4 is 9.64 Å². The van der Waals surface area contributed by atoms with Crippen molar-refractivity contribution >= 4 is 54.1 Å². The summed E-state index contributed by atoms with van der Waals surface area (Å²) >= 11 is 3.00. The van der Waals surface area contributed by atoms with E-state index < -0.39 is 0 Å². The first-order valence-electron chi connectivity index (χ1n) is 9.28. The molecule has 0 spiro atoms. The molecule has 0 aliphatic carbocycles. The summed E-state index contributed by atoms with van der Waals surface area (Å²) in [7, 11) is 1.64. The summed E-state index contributed by atoms with van der Waals surface area (Å²) in [4.78, 5) is 24.2. The molecule has 0 atom stereocenters. The molecule has 9 heteroatoms. The fourth-order valence-electron chi connectivity index (χ4n) is 3.20. The molecule has 1 amide bonds. The lowest BCUT2D eigenvalue weighted by atomic mass is 10.2. The number of amides is 1. The summed E-state index contributed by atoms with van der Waals surface area (Å²) in [5.74, 6) is 0.672. The zero-order valence-electron chi connectivity index (χ0n) is 16.1. The molecular formula is C21H17N5O2S2. The fourth-order valence-corrected chi connectivity index (χ4v) is 4.93. The van der Waals surface area contributed by atoms with Gasteiger partial charge in [0, 0.05) is 24.5 Å². The van der Waals surface area contributed by atoms with Gasteiger partial charge in [-0.1, -0.05) is 11.3 Å². The molecule has 2 aromatic carbocycles. The normalized spacial score (nSPS) is 11.2. The van der Waals surface area contributed by atoms with Gasteiger partial charge in [-0.2, -0.15) is 5.10 Å². The van der Waals surface area contributed by atoms with Crippen molar-refractivity contribution in [2.24, 2.45) is 0 Å². The number of carbonyl (C=O) groups excluding carboxylic acids is 1. The molecule has 3 heterocycles. The van der Waals surface area contributed by atoms with Gasteiger partial charge >= 0.3 is 0 Å². The summed E-state index contributed by atoms with van der Waals surface area (Å²) in [6.45, 7) is 1.03. The third-order valence-corrected chi connectivity index (χ3v) is 6.58. The summed E-state index contributed by atoms with van der Waals surface area (Å²) in [5, 5.41) is 4.90. The first-order valence-corrected chi connectivity index (χ1v) is 11.0. The Morgan fingerprint density at radius 1 is 1.17 bits per heavy atom. The molecule has 0 bridgehead atoms. The number of carbonyl (C=O) groups is 1. The van der Waals surface area contributed by atoms with E-state index >= 15 is 0 Å². The highest BCUT2D eigenvalue weighted by molar-refractivity contribution is 7.22. The molecule has 7 nitrogen and oxygen atoms in total. The van der Waals surface area contributed by atoms with Gasteiger partial charge in [0.15, 0.2) is 5.13 Å². The quantitative estimate of drug-likeness (QED) is 0.394. The number of hydrogen-bond acceptors (Lipinski definition) is 7. The first-order chi connectivity index (χ1) is 14.7. The Labute approximate surface area is 180 Å². The predicted molar refractivity (Wildman–Crippen MR) is 120 cm³/mol.